The highest BCUT2D eigenvalue weighted by Gasteiger charge is 2.19. The fraction of sp³-hybridized carbons (Fsp3) is 0.182. The molecule has 0 fully saturated rings. The van der Waals surface area contributed by atoms with Crippen LogP contribution in [0.5, 0.6) is 5.75 Å². The molecule has 0 N–H and O–H groups in total. The van der Waals surface area contributed by atoms with Crippen LogP contribution in [0.2, 0.25) is 0 Å². The van der Waals surface area contributed by atoms with Gasteiger partial charge >= 0.3 is 0 Å². The minimum Gasteiger partial charge on any atom is -0.497 e. The molecule has 0 bridgehead atoms. The number of rotatable bonds is 4. The topological polar surface area (TPSA) is 44.1 Å². The molecule has 4 aromatic rings. The molecule has 0 unspecified atom stereocenters. The van der Waals surface area contributed by atoms with E-state index >= 15 is 0 Å². The maximum Gasteiger partial charge on any atom is 0.263 e. The van der Waals surface area contributed by atoms with Gasteiger partial charge in [0, 0.05) is 10.4 Å². The van der Waals surface area contributed by atoms with Crippen molar-refractivity contribution in [3.8, 4) is 16.9 Å². The Kier molecular flexibility index (Phi) is 4.73. The number of aromatic nitrogens is 2. The molecule has 28 heavy (non-hydrogen) atoms. The van der Waals surface area contributed by atoms with Crippen molar-refractivity contribution in [3.63, 3.8) is 0 Å². The Hall–Kier alpha value is -2.99. The number of methoxy groups -OCH3 is 1. The van der Waals surface area contributed by atoms with Gasteiger partial charge in [0.2, 0.25) is 0 Å². The summed E-state index contributed by atoms with van der Waals surface area (Å²) in [5.74, 6) is 1.03. The summed E-state index contributed by atoms with van der Waals surface area (Å²) in [5, 5.41) is 0.595. The van der Waals surface area contributed by atoms with E-state index in [0.29, 0.717) is 16.0 Å². The molecule has 0 amide bonds. The maximum absolute atomic E-state index is 13.6. The van der Waals surface area contributed by atoms with Gasteiger partial charge in [-0.05, 0) is 49.2 Å². The van der Waals surface area contributed by atoms with E-state index in [4.69, 9.17) is 4.74 Å². The first kappa shape index (κ1) is 18.4. The number of aryl methyl sites for hydroxylation is 2. The average Bonchev–Trinajstić information content (AvgIpc) is 3.01. The summed E-state index contributed by atoms with van der Waals surface area (Å²) in [6.45, 7) is 4.07. The van der Waals surface area contributed by atoms with E-state index in [2.05, 4.69) is 4.98 Å². The van der Waals surface area contributed by atoms with Gasteiger partial charge in [-0.3, -0.25) is 9.36 Å². The summed E-state index contributed by atoms with van der Waals surface area (Å²) in [5.41, 5.74) is 2.41. The van der Waals surface area contributed by atoms with E-state index in [-0.39, 0.29) is 17.9 Å². The summed E-state index contributed by atoms with van der Waals surface area (Å²) in [4.78, 5) is 19.8. The lowest BCUT2D eigenvalue weighted by molar-refractivity contribution is 0.415. The Morgan fingerprint density at radius 2 is 1.93 bits per heavy atom. The van der Waals surface area contributed by atoms with Crippen LogP contribution in [0, 0.1) is 19.7 Å². The Labute approximate surface area is 165 Å². The largest absolute Gasteiger partial charge is 0.497 e. The number of thiophene rings is 1. The van der Waals surface area contributed by atoms with Gasteiger partial charge in [-0.15, -0.1) is 11.3 Å². The standard InChI is InChI=1S/C22H19FN2O2S/c1-13-19(16-7-5-9-18(11-16)27-3)20-21(28-13)24-14(2)25(22(20)26)12-15-6-4-8-17(23)10-15/h4-11H,12H2,1-3H3. The molecule has 0 aliphatic heterocycles. The van der Waals surface area contributed by atoms with Gasteiger partial charge in [0.15, 0.2) is 0 Å². The number of halogens is 1. The fourth-order valence-corrected chi connectivity index (χ4v) is 4.51. The second-order valence-corrected chi connectivity index (χ2v) is 7.83. The molecule has 0 spiro atoms. The second-order valence-electron chi connectivity index (χ2n) is 6.63. The van der Waals surface area contributed by atoms with Crippen LogP contribution >= 0.6 is 11.3 Å². The van der Waals surface area contributed by atoms with Crippen LogP contribution in [0.15, 0.2) is 53.3 Å². The molecule has 0 saturated heterocycles. The molecule has 6 heteroatoms. The first-order valence-electron chi connectivity index (χ1n) is 8.87. The van der Waals surface area contributed by atoms with Crippen LogP contribution in [0.4, 0.5) is 4.39 Å². The molecule has 2 aromatic heterocycles. The van der Waals surface area contributed by atoms with Crippen molar-refractivity contribution in [1.29, 1.82) is 0 Å². The smallest absolute Gasteiger partial charge is 0.263 e. The molecule has 2 aromatic carbocycles. The van der Waals surface area contributed by atoms with Crippen molar-refractivity contribution in [2.75, 3.05) is 7.11 Å². The third-order valence-corrected chi connectivity index (χ3v) is 5.77. The molecule has 2 heterocycles. The van der Waals surface area contributed by atoms with Crippen LogP contribution in [0.1, 0.15) is 16.3 Å². The Morgan fingerprint density at radius 3 is 2.68 bits per heavy atom. The van der Waals surface area contributed by atoms with Gasteiger partial charge in [0.1, 0.15) is 22.2 Å². The third kappa shape index (κ3) is 3.20. The van der Waals surface area contributed by atoms with Crippen molar-refractivity contribution in [2.45, 2.75) is 20.4 Å². The van der Waals surface area contributed by atoms with Crippen molar-refractivity contribution in [1.82, 2.24) is 9.55 Å². The number of benzene rings is 2. The lowest BCUT2D eigenvalue weighted by Gasteiger charge is -2.11. The quantitative estimate of drug-likeness (QED) is 0.493. The molecule has 4 nitrogen and oxygen atoms in total. The van der Waals surface area contributed by atoms with Gasteiger partial charge in [-0.2, -0.15) is 0 Å². The highest BCUT2D eigenvalue weighted by Crippen LogP contribution is 2.37. The molecule has 0 aliphatic carbocycles. The number of ether oxygens (including phenoxy) is 1. The maximum atomic E-state index is 13.6. The zero-order valence-corrected chi connectivity index (χ0v) is 16.6. The van der Waals surface area contributed by atoms with E-state index in [1.807, 2.05) is 31.2 Å². The minimum atomic E-state index is -0.319. The monoisotopic (exact) mass is 394 g/mol. The van der Waals surface area contributed by atoms with Crippen LogP contribution in [0.25, 0.3) is 21.3 Å². The molecular weight excluding hydrogens is 375 g/mol. The predicted octanol–water partition coefficient (Wildman–Crippen LogP) is 4.94. The molecule has 4 rings (SSSR count). The first-order valence-corrected chi connectivity index (χ1v) is 9.69. The lowest BCUT2D eigenvalue weighted by atomic mass is 10.0. The normalized spacial score (nSPS) is 11.1. The lowest BCUT2D eigenvalue weighted by Crippen LogP contribution is -2.24. The van der Waals surface area contributed by atoms with Gasteiger partial charge in [0.05, 0.1) is 19.0 Å². The van der Waals surface area contributed by atoms with Crippen molar-refractivity contribution in [3.05, 3.63) is 81.0 Å². The summed E-state index contributed by atoms with van der Waals surface area (Å²) >= 11 is 1.51. The average molecular weight is 394 g/mol. The first-order chi connectivity index (χ1) is 13.5. The zero-order valence-electron chi connectivity index (χ0n) is 15.8. The highest BCUT2D eigenvalue weighted by molar-refractivity contribution is 7.19. The minimum absolute atomic E-state index is 0.117. The van der Waals surface area contributed by atoms with Gasteiger partial charge < -0.3 is 4.74 Å². The van der Waals surface area contributed by atoms with Crippen LogP contribution < -0.4 is 10.3 Å². The van der Waals surface area contributed by atoms with E-state index in [1.54, 1.807) is 30.7 Å². The number of hydrogen-bond donors (Lipinski definition) is 0. The molecule has 0 aliphatic rings. The fourth-order valence-electron chi connectivity index (χ4n) is 3.43. The van der Waals surface area contributed by atoms with Crippen molar-refractivity contribution < 1.29 is 9.13 Å². The summed E-state index contributed by atoms with van der Waals surface area (Å²) in [6.07, 6.45) is 0. The zero-order chi connectivity index (χ0) is 19.8. The molecule has 0 saturated carbocycles. The highest BCUT2D eigenvalue weighted by atomic mass is 32.1. The van der Waals surface area contributed by atoms with E-state index < -0.39 is 0 Å². The SMILES string of the molecule is COc1cccc(-c2c(C)sc3nc(C)n(Cc4cccc(F)c4)c(=O)c23)c1. The summed E-state index contributed by atoms with van der Waals surface area (Å²) < 4.78 is 20.5. The van der Waals surface area contributed by atoms with Crippen LogP contribution in [-0.2, 0) is 6.54 Å². The third-order valence-electron chi connectivity index (χ3n) is 4.77. The summed E-state index contributed by atoms with van der Waals surface area (Å²) in [6, 6.07) is 14.0. The molecule has 0 radical (unpaired) electrons. The van der Waals surface area contributed by atoms with E-state index in [9.17, 15) is 9.18 Å². The predicted molar refractivity (Wildman–Crippen MR) is 111 cm³/mol. The van der Waals surface area contributed by atoms with Crippen LogP contribution in [-0.4, -0.2) is 16.7 Å². The van der Waals surface area contributed by atoms with E-state index in [0.717, 1.165) is 27.3 Å². The Balaban J connectivity index is 1.93. The Bertz CT molecular complexity index is 1240. The second kappa shape index (κ2) is 7.20. The van der Waals surface area contributed by atoms with E-state index in [1.165, 1.54) is 23.5 Å². The van der Waals surface area contributed by atoms with Gasteiger partial charge in [-0.1, -0.05) is 24.3 Å². The number of fused-ring (bicyclic) bond motifs is 1. The summed E-state index contributed by atoms with van der Waals surface area (Å²) in [7, 11) is 1.62. The molecular formula is C22H19FN2O2S. The molecule has 0 atom stereocenters. The molecule has 142 valence electrons. The number of hydrogen-bond acceptors (Lipinski definition) is 4. The van der Waals surface area contributed by atoms with Crippen molar-refractivity contribution in [2.24, 2.45) is 0 Å². The Morgan fingerprint density at radius 1 is 1.14 bits per heavy atom. The number of nitrogens with zero attached hydrogens (tertiary/aromatic N) is 2. The van der Waals surface area contributed by atoms with Gasteiger partial charge in [-0.25, -0.2) is 9.37 Å². The van der Waals surface area contributed by atoms with Crippen molar-refractivity contribution >= 4 is 21.6 Å². The van der Waals surface area contributed by atoms with Crippen LogP contribution in [0.3, 0.4) is 0 Å². The van der Waals surface area contributed by atoms with Gasteiger partial charge in [0.25, 0.3) is 5.56 Å².